The van der Waals surface area contributed by atoms with Gasteiger partial charge >= 0.3 is 0 Å². The smallest absolute Gasteiger partial charge is 0.258 e. The number of nitrogens with zero attached hydrogens (tertiary/aromatic N) is 1. The molecule has 0 unspecified atom stereocenters. The van der Waals surface area contributed by atoms with Crippen LogP contribution in [-0.2, 0) is 6.42 Å². The Bertz CT molecular complexity index is 662. The van der Waals surface area contributed by atoms with E-state index >= 15 is 0 Å². The van der Waals surface area contributed by atoms with Crippen molar-refractivity contribution in [2.24, 2.45) is 0 Å². The predicted octanol–water partition coefficient (Wildman–Crippen LogP) is 2.20. The zero-order valence-corrected chi connectivity index (χ0v) is 11.8. The molecule has 0 fully saturated rings. The summed E-state index contributed by atoms with van der Waals surface area (Å²) in [6.45, 7) is 3.68. The van der Waals surface area contributed by atoms with E-state index in [0.717, 1.165) is 11.3 Å². The van der Waals surface area contributed by atoms with Gasteiger partial charge < -0.3 is 14.8 Å². The van der Waals surface area contributed by atoms with Gasteiger partial charge in [-0.15, -0.1) is 0 Å². The van der Waals surface area contributed by atoms with Crippen molar-refractivity contribution in [1.82, 2.24) is 9.97 Å². The first kappa shape index (κ1) is 14.1. The zero-order valence-electron chi connectivity index (χ0n) is 11.8. The molecule has 2 N–H and O–H groups in total. The number of ether oxygens (including phenoxy) is 1. The van der Waals surface area contributed by atoms with Gasteiger partial charge in [0.1, 0.15) is 11.6 Å². The van der Waals surface area contributed by atoms with Gasteiger partial charge in [0.15, 0.2) is 0 Å². The van der Waals surface area contributed by atoms with Crippen LogP contribution in [-0.4, -0.2) is 22.2 Å². The van der Waals surface area contributed by atoms with E-state index in [4.69, 9.17) is 4.74 Å². The topological polar surface area (TPSA) is 75.2 Å². The average molecular weight is 274 g/mol. The highest BCUT2D eigenvalue weighted by atomic mass is 16.5. The Morgan fingerprint density at radius 1 is 1.40 bits per heavy atom. The van der Waals surface area contributed by atoms with Gasteiger partial charge in [-0.25, -0.2) is 0 Å². The maximum absolute atomic E-state index is 11.9. The van der Waals surface area contributed by atoms with Gasteiger partial charge in [-0.1, -0.05) is 26.0 Å². The van der Waals surface area contributed by atoms with Gasteiger partial charge in [-0.3, -0.25) is 4.79 Å². The number of hydrogen-bond donors (Lipinski definition) is 2. The molecule has 20 heavy (non-hydrogen) atoms. The molecule has 106 valence electrons. The molecule has 0 aliphatic carbocycles. The van der Waals surface area contributed by atoms with Crippen molar-refractivity contribution in [3.63, 3.8) is 0 Å². The summed E-state index contributed by atoms with van der Waals surface area (Å²) < 4.78 is 5.15. The van der Waals surface area contributed by atoms with E-state index in [-0.39, 0.29) is 17.4 Å². The fourth-order valence-corrected chi connectivity index (χ4v) is 2.10. The van der Waals surface area contributed by atoms with Gasteiger partial charge in [0.2, 0.25) is 5.88 Å². The van der Waals surface area contributed by atoms with Gasteiger partial charge in [-0.05, 0) is 23.6 Å². The summed E-state index contributed by atoms with van der Waals surface area (Å²) in [7, 11) is 1.60. The molecule has 0 aliphatic rings. The van der Waals surface area contributed by atoms with Crippen LogP contribution >= 0.6 is 0 Å². The number of H-pyrrole nitrogens is 1. The van der Waals surface area contributed by atoms with Crippen LogP contribution in [0.25, 0.3) is 0 Å². The molecule has 0 bridgehead atoms. The minimum atomic E-state index is -0.287. The molecule has 1 aromatic heterocycles. The van der Waals surface area contributed by atoms with E-state index in [9.17, 15) is 9.90 Å². The van der Waals surface area contributed by atoms with Gasteiger partial charge in [-0.2, -0.15) is 4.98 Å². The number of nitrogens with one attached hydrogen (secondary N) is 1. The first-order chi connectivity index (χ1) is 9.51. The lowest BCUT2D eigenvalue weighted by molar-refractivity contribution is 0.414. The molecular weight excluding hydrogens is 256 g/mol. The molecule has 0 saturated heterocycles. The maximum atomic E-state index is 11.9. The normalized spacial score (nSPS) is 10.8. The van der Waals surface area contributed by atoms with Crippen molar-refractivity contribution in [2.75, 3.05) is 7.11 Å². The van der Waals surface area contributed by atoms with Crippen molar-refractivity contribution >= 4 is 0 Å². The van der Waals surface area contributed by atoms with Crippen LogP contribution in [0.5, 0.6) is 11.6 Å². The quantitative estimate of drug-likeness (QED) is 0.896. The van der Waals surface area contributed by atoms with Crippen molar-refractivity contribution in [1.29, 1.82) is 0 Å². The Morgan fingerprint density at radius 3 is 2.75 bits per heavy atom. The minimum absolute atomic E-state index is 0.0721. The summed E-state index contributed by atoms with van der Waals surface area (Å²) in [4.78, 5) is 18.7. The highest BCUT2D eigenvalue weighted by molar-refractivity contribution is 5.31. The molecule has 0 aliphatic heterocycles. The van der Waals surface area contributed by atoms with E-state index in [1.807, 2.05) is 38.1 Å². The van der Waals surface area contributed by atoms with Crippen LogP contribution in [0.15, 0.2) is 29.1 Å². The molecule has 1 aromatic carbocycles. The molecule has 0 radical (unpaired) electrons. The van der Waals surface area contributed by atoms with Crippen molar-refractivity contribution in [3.8, 4) is 11.6 Å². The minimum Gasteiger partial charge on any atom is -0.497 e. The van der Waals surface area contributed by atoms with Crippen molar-refractivity contribution < 1.29 is 9.84 Å². The molecular formula is C15H18N2O3. The molecule has 2 rings (SSSR count). The molecule has 0 atom stereocenters. The SMILES string of the molecule is COc1cccc(Cc2nc(O)c(C(C)C)c(=O)[nH]2)c1. The zero-order chi connectivity index (χ0) is 14.7. The summed E-state index contributed by atoms with van der Waals surface area (Å²) in [6.07, 6.45) is 0.429. The number of aromatic amines is 1. The molecule has 0 amide bonds. The highest BCUT2D eigenvalue weighted by Gasteiger charge is 2.14. The Morgan fingerprint density at radius 2 is 2.15 bits per heavy atom. The second kappa shape index (κ2) is 5.77. The largest absolute Gasteiger partial charge is 0.497 e. The Balaban J connectivity index is 2.32. The van der Waals surface area contributed by atoms with Crippen molar-refractivity contribution in [2.45, 2.75) is 26.2 Å². The van der Waals surface area contributed by atoms with Crippen LogP contribution in [0.3, 0.4) is 0 Å². The molecule has 0 spiro atoms. The second-order valence-electron chi connectivity index (χ2n) is 4.93. The first-order valence-corrected chi connectivity index (χ1v) is 6.46. The van der Waals surface area contributed by atoms with E-state index in [2.05, 4.69) is 9.97 Å². The highest BCUT2D eigenvalue weighted by Crippen LogP contribution is 2.20. The fraction of sp³-hybridized carbons (Fsp3) is 0.333. The number of methoxy groups -OCH3 is 1. The van der Waals surface area contributed by atoms with Crippen LogP contribution < -0.4 is 10.3 Å². The third-order valence-corrected chi connectivity index (χ3v) is 3.07. The van der Waals surface area contributed by atoms with E-state index in [1.54, 1.807) is 7.11 Å². The molecule has 0 saturated carbocycles. The molecule has 5 heteroatoms. The summed E-state index contributed by atoms with van der Waals surface area (Å²) in [5.74, 6) is 0.914. The number of aromatic nitrogens is 2. The summed E-state index contributed by atoms with van der Waals surface area (Å²) in [6, 6.07) is 7.50. The summed E-state index contributed by atoms with van der Waals surface area (Å²) in [5.41, 5.74) is 0.981. The third-order valence-electron chi connectivity index (χ3n) is 3.07. The number of hydrogen-bond acceptors (Lipinski definition) is 4. The number of rotatable bonds is 4. The number of aromatic hydroxyl groups is 1. The predicted molar refractivity (Wildman–Crippen MR) is 76.4 cm³/mol. The van der Waals surface area contributed by atoms with Gasteiger partial charge in [0.05, 0.1) is 12.7 Å². The van der Waals surface area contributed by atoms with Crippen molar-refractivity contribution in [3.05, 3.63) is 51.6 Å². The Hall–Kier alpha value is -2.30. The monoisotopic (exact) mass is 274 g/mol. The lowest BCUT2D eigenvalue weighted by Gasteiger charge is -2.09. The number of benzene rings is 1. The Kier molecular flexibility index (Phi) is 4.08. The van der Waals surface area contributed by atoms with Crippen LogP contribution in [0.4, 0.5) is 0 Å². The molecule has 1 heterocycles. The molecule has 5 nitrogen and oxygen atoms in total. The lowest BCUT2D eigenvalue weighted by atomic mass is 10.1. The maximum Gasteiger partial charge on any atom is 0.258 e. The average Bonchev–Trinajstić information content (AvgIpc) is 2.37. The van der Waals surface area contributed by atoms with Gasteiger partial charge in [0, 0.05) is 6.42 Å². The van der Waals surface area contributed by atoms with Crippen LogP contribution in [0.2, 0.25) is 0 Å². The summed E-state index contributed by atoms with van der Waals surface area (Å²) in [5, 5.41) is 9.87. The van der Waals surface area contributed by atoms with Gasteiger partial charge in [0.25, 0.3) is 5.56 Å². The van der Waals surface area contributed by atoms with E-state index < -0.39 is 0 Å². The Labute approximate surface area is 117 Å². The molecule has 2 aromatic rings. The second-order valence-corrected chi connectivity index (χ2v) is 4.93. The van der Waals surface area contributed by atoms with E-state index in [1.165, 1.54) is 0 Å². The van der Waals surface area contributed by atoms with E-state index in [0.29, 0.717) is 17.8 Å². The standard InChI is InChI=1S/C15H18N2O3/c1-9(2)13-14(18)16-12(17-15(13)19)8-10-5-4-6-11(7-10)20-3/h4-7,9H,8H2,1-3H3,(H2,16,17,18,19). The van der Waals surface area contributed by atoms with Crippen LogP contribution in [0.1, 0.15) is 36.7 Å². The summed E-state index contributed by atoms with van der Waals surface area (Å²) >= 11 is 0. The lowest BCUT2D eigenvalue weighted by Crippen LogP contribution is -2.18. The fourth-order valence-electron chi connectivity index (χ4n) is 2.10. The first-order valence-electron chi connectivity index (χ1n) is 6.46. The van der Waals surface area contributed by atoms with Crippen LogP contribution in [0, 0.1) is 0 Å². The third kappa shape index (κ3) is 2.99.